The first kappa shape index (κ1) is 11.4. The molecule has 1 amide bonds. The number of benzene rings is 1. The maximum atomic E-state index is 12.2. The van der Waals surface area contributed by atoms with Crippen LogP contribution >= 0.6 is 0 Å². The Bertz CT molecular complexity index is 734. The summed E-state index contributed by atoms with van der Waals surface area (Å²) in [6.07, 6.45) is 3.23. The highest BCUT2D eigenvalue weighted by Crippen LogP contribution is 2.12. The molecule has 0 aliphatic carbocycles. The second kappa shape index (κ2) is 4.53. The van der Waals surface area contributed by atoms with Crippen LogP contribution in [0.5, 0.6) is 0 Å². The molecule has 3 rings (SSSR count). The Hall–Kier alpha value is -2.69. The Balaban J connectivity index is 1.95. The lowest BCUT2D eigenvalue weighted by molar-refractivity contribution is 0.102. The average Bonchev–Trinajstić information content (AvgIpc) is 2.89. The summed E-state index contributed by atoms with van der Waals surface area (Å²) in [5, 5.41) is 6.98. The molecule has 0 radical (unpaired) electrons. The van der Waals surface area contributed by atoms with Gasteiger partial charge in [0.25, 0.3) is 5.91 Å². The number of rotatable bonds is 2. The molecule has 5 nitrogen and oxygen atoms in total. The number of hydrogen-bond donors (Lipinski definition) is 1. The Morgan fingerprint density at radius 3 is 2.79 bits per heavy atom. The number of nitrogens with zero attached hydrogens (tertiary/aromatic N) is 3. The van der Waals surface area contributed by atoms with E-state index in [-0.39, 0.29) is 5.91 Å². The van der Waals surface area contributed by atoms with E-state index in [0.717, 1.165) is 17.0 Å². The Labute approximate surface area is 109 Å². The number of aryl methyl sites for hydroxylation is 1. The lowest BCUT2D eigenvalue weighted by atomic mass is 10.2. The summed E-state index contributed by atoms with van der Waals surface area (Å²) in [4.78, 5) is 16.4. The van der Waals surface area contributed by atoms with Gasteiger partial charge in [-0.3, -0.25) is 4.79 Å². The van der Waals surface area contributed by atoms with Crippen LogP contribution in [0, 0.1) is 6.92 Å². The molecule has 0 unspecified atom stereocenters. The molecule has 0 aliphatic rings. The molecule has 3 aromatic rings. The van der Waals surface area contributed by atoms with Gasteiger partial charge in [-0.25, -0.2) is 9.50 Å². The van der Waals surface area contributed by atoms with Crippen LogP contribution in [0.1, 0.15) is 16.1 Å². The summed E-state index contributed by atoms with van der Waals surface area (Å²) >= 11 is 0. The minimum Gasteiger partial charge on any atom is -0.322 e. The van der Waals surface area contributed by atoms with Crippen molar-refractivity contribution in [2.75, 3.05) is 5.32 Å². The number of anilines is 1. The van der Waals surface area contributed by atoms with Gasteiger partial charge in [-0.1, -0.05) is 18.2 Å². The van der Waals surface area contributed by atoms with Crippen molar-refractivity contribution in [2.45, 2.75) is 6.92 Å². The second-order valence-corrected chi connectivity index (χ2v) is 4.18. The van der Waals surface area contributed by atoms with E-state index in [1.165, 1.54) is 0 Å². The van der Waals surface area contributed by atoms with Crippen molar-refractivity contribution < 1.29 is 4.79 Å². The van der Waals surface area contributed by atoms with Gasteiger partial charge in [0.2, 0.25) is 0 Å². The summed E-state index contributed by atoms with van der Waals surface area (Å²) in [6.45, 7) is 1.85. The van der Waals surface area contributed by atoms with Crippen LogP contribution in [0.3, 0.4) is 0 Å². The highest BCUT2D eigenvalue weighted by atomic mass is 16.1. The normalized spacial score (nSPS) is 10.6. The average molecular weight is 252 g/mol. The first-order valence-electron chi connectivity index (χ1n) is 5.91. The molecule has 2 aromatic heterocycles. The predicted molar refractivity (Wildman–Crippen MR) is 72.1 cm³/mol. The molecule has 0 saturated carbocycles. The lowest BCUT2D eigenvalue weighted by Crippen LogP contribution is -2.16. The SMILES string of the molecule is Cc1c(C(=O)Nc2ccccc2)cnc2ccnn12. The fourth-order valence-corrected chi connectivity index (χ4v) is 1.93. The van der Waals surface area contributed by atoms with Gasteiger partial charge >= 0.3 is 0 Å². The number of aromatic nitrogens is 3. The fraction of sp³-hybridized carbons (Fsp3) is 0.0714. The zero-order chi connectivity index (χ0) is 13.2. The van der Waals surface area contributed by atoms with Gasteiger partial charge in [-0.05, 0) is 19.1 Å². The van der Waals surface area contributed by atoms with Crippen molar-refractivity contribution in [1.82, 2.24) is 14.6 Å². The topological polar surface area (TPSA) is 59.3 Å². The van der Waals surface area contributed by atoms with Crippen LogP contribution in [-0.2, 0) is 0 Å². The quantitative estimate of drug-likeness (QED) is 0.761. The fourth-order valence-electron chi connectivity index (χ4n) is 1.93. The molecular weight excluding hydrogens is 240 g/mol. The molecule has 0 atom stereocenters. The maximum absolute atomic E-state index is 12.2. The molecule has 19 heavy (non-hydrogen) atoms. The van der Waals surface area contributed by atoms with Crippen LogP contribution < -0.4 is 5.32 Å². The summed E-state index contributed by atoms with van der Waals surface area (Å²) in [6, 6.07) is 11.1. The van der Waals surface area contributed by atoms with E-state index in [4.69, 9.17) is 0 Å². The summed E-state index contributed by atoms with van der Waals surface area (Å²) in [5.74, 6) is -0.186. The number of carbonyl (C=O) groups excluding carboxylic acids is 1. The first-order valence-corrected chi connectivity index (χ1v) is 5.91. The molecule has 0 aliphatic heterocycles. The van der Waals surface area contributed by atoms with Crippen molar-refractivity contribution >= 4 is 17.2 Å². The Kier molecular flexibility index (Phi) is 2.72. The van der Waals surface area contributed by atoms with Crippen LogP contribution in [-0.4, -0.2) is 20.5 Å². The number of hydrogen-bond acceptors (Lipinski definition) is 3. The van der Waals surface area contributed by atoms with Crippen molar-refractivity contribution in [2.24, 2.45) is 0 Å². The van der Waals surface area contributed by atoms with Gasteiger partial charge in [0.1, 0.15) is 0 Å². The third-order valence-corrected chi connectivity index (χ3v) is 2.93. The maximum Gasteiger partial charge on any atom is 0.259 e. The number of amides is 1. The van der Waals surface area contributed by atoms with Crippen LogP contribution in [0.25, 0.3) is 5.65 Å². The third-order valence-electron chi connectivity index (χ3n) is 2.93. The second-order valence-electron chi connectivity index (χ2n) is 4.18. The van der Waals surface area contributed by atoms with Gasteiger partial charge in [0.15, 0.2) is 5.65 Å². The van der Waals surface area contributed by atoms with Gasteiger partial charge in [0, 0.05) is 18.0 Å². The van der Waals surface area contributed by atoms with Crippen LogP contribution in [0.4, 0.5) is 5.69 Å². The summed E-state index contributed by atoms with van der Waals surface area (Å²) in [7, 11) is 0. The number of fused-ring (bicyclic) bond motifs is 1. The lowest BCUT2D eigenvalue weighted by Gasteiger charge is -2.08. The Morgan fingerprint density at radius 1 is 1.21 bits per heavy atom. The highest BCUT2D eigenvalue weighted by molar-refractivity contribution is 6.04. The molecule has 0 fully saturated rings. The van der Waals surface area contributed by atoms with E-state index < -0.39 is 0 Å². The standard InChI is InChI=1S/C14H12N4O/c1-10-12(9-15-13-7-8-16-18(10)13)14(19)17-11-5-3-2-4-6-11/h2-9H,1H3,(H,17,19). The third kappa shape index (κ3) is 2.06. The minimum absolute atomic E-state index is 0.186. The number of carbonyl (C=O) groups is 1. The zero-order valence-electron chi connectivity index (χ0n) is 10.4. The van der Waals surface area contributed by atoms with E-state index in [1.807, 2.05) is 37.3 Å². The predicted octanol–water partition coefficient (Wildman–Crippen LogP) is 2.29. The van der Waals surface area contributed by atoms with E-state index in [9.17, 15) is 4.79 Å². The first-order chi connectivity index (χ1) is 9.25. The van der Waals surface area contributed by atoms with E-state index in [0.29, 0.717) is 5.56 Å². The van der Waals surface area contributed by atoms with E-state index in [2.05, 4.69) is 15.4 Å². The molecular formula is C14H12N4O. The molecule has 1 aromatic carbocycles. The monoisotopic (exact) mass is 252 g/mol. The molecule has 1 N–H and O–H groups in total. The largest absolute Gasteiger partial charge is 0.322 e. The minimum atomic E-state index is -0.186. The van der Waals surface area contributed by atoms with Gasteiger partial charge in [-0.2, -0.15) is 5.10 Å². The van der Waals surface area contributed by atoms with Gasteiger partial charge in [-0.15, -0.1) is 0 Å². The van der Waals surface area contributed by atoms with E-state index in [1.54, 1.807) is 23.0 Å². The van der Waals surface area contributed by atoms with Crippen LogP contribution in [0.2, 0.25) is 0 Å². The number of nitrogens with one attached hydrogen (secondary N) is 1. The summed E-state index contributed by atoms with van der Waals surface area (Å²) in [5.41, 5.74) is 2.77. The Morgan fingerprint density at radius 2 is 2.00 bits per heavy atom. The summed E-state index contributed by atoms with van der Waals surface area (Å²) < 4.78 is 1.65. The van der Waals surface area contributed by atoms with Crippen LogP contribution in [0.15, 0.2) is 48.8 Å². The van der Waals surface area contributed by atoms with Crippen molar-refractivity contribution in [3.63, 3.8) is 0 Å². The van der Waals surface area contributed by atoms with Crippen molar-refractivity contribution in [3.05, 3.63) is 60.0 Å². The number of para-hydroxylation sites is 1. The van der Waals surface area contributed by atoms with Crippen molar-refractivity contribution in [1.29, 1.82) is 0 Å². The molecule has 0 spiro atoms. The molecule has 94 valence electrons. The van der Waals surface area contributed by atoms with Gasteiger partial charge in [0.05, 0.1) is 17.5 Å². The highest BCUT2D eigenvalue weighted by Gasteiger charge is 2.13. The molecule has 0 bridgehead atoms. The van der Waals surface area contributed by atoms with Gasteiger partial charge < -0.3 is 5.32 Å². The molecule has 2 heterocycles. The smallest absolute Gasteiger partial charge is 0.259 e. The molecule has 5 heteroatoms. The molecule has 0 saturated heterocycles. The van der Waals surface area contributed by atoms with E-state index >= 15 is 0 Å². The van der Waals surface area contributed by atoms with Crippen molar-refractivity contribution in [3.8, 4) is 0 Å². The zero-order valence-corrected chi connectivity index (χ0v) is 10.4.